The summed E-state index contributed by atoms with van der Waals surface area (Å²) in [6.45, 7) is 10.1. The fourth-order valence-electron chi connectivity index (χ4n) is 8.33. The molecule has 1 aromatic heterocycles. The maximum Gasteiger partial charge on any atom is 0.341 e. The normalized spacial score (nSPS) is 32.9. The molecule has 282 valence electrons. The minimum atomic E-state index is -2.33. The number of furan rings is 1. The van der Waals surface area contributed by atoms with E-state index in [0.29, 0.717) is 0 Å². The van der Waals surface area contributed by atoms with Gasteiger partial charge in [-0.1, -0.05) is 32.0 Å². The fourth-order valence-corrected chi connectivity index (χ4v) is 8.33. The third kappa shape index (κ3) is 6.44. The molecule has 1 N–H and O–H groups in total. The predicted octanol–water partition coefficient (Wildman–Crippen LogP) is 3.34. The van der Waals surface area contributed by atoms with E-state index < -0.39 is 113 Å². The van der Waals surface area contributed by atoms with E-state index in [2.05, 4.69) is 0 Å². The molecule has 1 aromatic carbocycles. The zero-order chi connectivity index (χ0) is 38.4. The Morgan fingerprint density at radius 2 is 1.38 bits per heavy atom. The number of carbonyl (C=O) groups excluding carboxylic acids is 6. The van der Waals surface area contributed by atoms with Crippen molar-refractivity contribution in [3.8, 4) is 0 Å². The van der Waals surface area contributed by atoms with E-state index in [-0.39, 0.29) is 11.1 Å². The van der Waals surface area contributed by atoms with Crippen LogP contribution < -0.4 is 0 Å². The van der Waals surface area contributed by atoms with Crippen molar-refractivity contribution in [3.05, 3.63) is 60.1 Å². The molecule has 0 radical (unpaired) electrons. The van der Waals surface area contributed by atoms with Gasteiger partial charge in [0.1, 0.15) is 36.6 Å². The molecule has 1 aliphatic heterocycles. The Labute approximate surface area is 300 Å². The van der Waals surface area contributed by atoms with Gasteiger partial charge in [0.15, 0.2) is 17.8 Å². The number of carbonyl (C=O) groups is 6. The van der Waals surface area contributed by atoms with Crippen LogP contribution >= 0.6 is 0 Å². The van der Waals surface area contributed by atoms with Gasteiger partial charge >= 0.3 is 35.8 Å². The van der Waals surface area contributed by atoms with Crippen molar-refractivity contribution < 1.29 is 71.4 Å². The number of rotatable bonds is 10. The second kappa shape index (κ2) is 14.0. The molecule has 2 bridgehead atoms. The summed E-state index contributed by atoms with van der Waals surface area (Å²) in [5, 5.41) is 12.8. The van der Waals surface area contributed by atoms with Crippen LogP contribution in [0.3, 0.4) is 0 Å². The molecule has 1 spiro atoms. The molecular formula is C37H44O15. The van der Waals surface area contributed by atoms with Crippen LogP contribution in [0.4, 0.5) is 0 Å². The SMILES string of the molecule is CC(=O)O[C@H]1C[C@](C)(O)[C@]23OC(C)(C)[C@H]([C@@H](OC(=O)c4ccoc4)[C@H](OC(=O)c4ccccc4)[C@]2(COC(=O)C(C)C)[C@H]1OC(C)=O)[C@H]3OC(C)=O. The van der Waals surface area contributed by atoms with Gasteiger partial charge in [0, 0.05) is 27.2 Å². The molecule has 5 rings (SSSR count). The Bertz CT molecular complexity index is 1700. The zero-order valence-corrected chi connectivity index (χ0v) is 30.2. The Kier molecular flexibility index (Phi) is 10.4. The highest BCUT2D eigenvalue weighted by Crippen LogP contribution is 2.69. The first-order chi connectivity index (χ1) is 24.3. The summed E-state index contributed by atoms with van der Waals surface area (Å²) in [5.74, 6) is -7.13. The molecule has 15 nitrogen and oxygen atoms in total. The summed E-state index contributed by atoms with van der Waals surface area (Å²) >= 11 is 0. The van der Waals surface area contributed by atoms with Crippen molar-refractivity contribution in [2.75, 3.05) is 6.61 Å². The average Bonchev–Trinajstić information content (AvgIpc) is 3.65. The summed E-state index contributed by atoms with van der Waals surface area (Å²) in [7, 11) is 0. The fraction of sp³-hybridized carbons (Fsp3) is 0.568. The van der Waals surface area contributed by atoms with Gasteiger partial charge in [-0.25, -0.2) is 9.59 Å². The summed E-state index contributed by atoms with van der Waals surface area (Å²) in [5.41, 5.74) is -8.26. The number of hydrogen-bond acceptors (Lipinski definition) is 15. The monoisotopic (exact) mass is 728 g/mol. The Morgan fingerprint density at radius 3 is 1.94 bits per heavy atom. The molecule has 3 aliphatic rings. The standard InChI is InChI=1S/C37H44O15/c1-19(2)31(41)46-18-36-28(48-21(4)39)25(47-20(3)38)16-35(8,44)37(36)29(49-22(5)40)26(34(6,7)52-37)27(50-33(43)24-14-15-45-17-24)30(36)51-32(42)23-12-10-9-11-13-23/h9-15,17,19,25-30,44H,16,18H2,1-8H3/t25-,26+,27+,28-,29+,30-,35-,36-,37-/m0/s1. The summed E-state index contributed by atoms with van der Waals surface area (Å²) in [6.07, 6.45) is -6.32. The smallest absolute Gasteiger partial charge is 0.341 e. The first-order valence-corrected chi connectivity index (χ1v) is 16.9. The molecule has 9 atom stereocenters. The lowest BCUT2D eigenvalue weighted by molar-refractivity contribution is -0.363. The van der Waals surface area contributed by atoms with Crippen LogP contribution in [-0.2, 0) is 52.3 Å². The van der Waals surface area contributed by atoms with Gasteiger partial charge in [-0.2, -0.15) is 0 Å². The van der Waals surface area contributed by atoms with Crippen LogP contribution in [0, 0.1) is 17.3 Å². The Balaban J connectivity index is 1.91. The third-order valence-electron chi connectivity index (χ3n) is 10.1. The number of esters is 6. The van der Waals surface area contributed by atoms with E-state index in [0.717, 1.165) is 27.0 Å². The van der Waals surface area contributed by atoms with Crippen molar-refractivity contribution in [2.24, 2.45) is 17.3 Å². The van der Waals surface area contributed by atoms with Gasteiger partial charge < -0.3 is 42.7 Å². The van der Waals surface area contributed by atoms with Gasteiger partial charge in [-0.15, -0.1) is 0 Å². The Hall–Kier alpha value is -4.76. The molecule has 15 heteroatoms. The first-order valence-electron chi connectivity index (χ1n) is 16.9. The number of fused-ring (bicyclic) bond motifs is 1. The van der Waals surface area contributed by atoms with Crippen LogP contribution in [-0.4, -0.2) is 94.9 Å². The number of hydrogen-bond donors (Lipinski definition) is 1. The van der Waals surface area contributed by atoms with E-state index >= 15 is 0 Å². The highest BCUT2D eigenvalue weighted by atomic mass is 16.7. The van der Waals surface area contributed by atoms with E-state index in [1.165, 1.54) is 31.4 Å². The van der Waals surface area contributed by atoms with Crippen molar-refractivity contribution in [2.45, 2.75) is 109 Å². The molecule has 1 saturated heterocycles. The van der Waals surface area contributed by atoms with E-state index in [4.69, 9.17) is 37.6 Å². The molecule has 2 aromatic rings. The quantitative estimate of drug-likeness (QED) is 0.276. The van der Waals surface area contributed by atoms with Gasteiger partial charge in [-0.05, 0) is 39.0 Å². The second-order valence-corrected chi connectivity index (χ2v) is 14.5. The predicted molar refractivity (Wildman–Crippen MR) is 175 cm³/mol. The minimum absolute atomic E-state index is 0.0315. The van der Waals surface area contributed by atoms with E-state index in [9.17, 15) is 33.9 Å². The molecule has 2 heterocycles. The third-order valence-corrected chi connectivity index (χ3v) is 10.1. The van der Waals surface area contributed by atoms with Crippen molar-refractivity contribution in [3.63, 3.8) is 0 Å². The van der Waals surface area contributed by atoms with Gasteiger partial charge in [0.25, 0.3) is 0 Å². The summed E-state index contributed by atoms with van der Waals surface area (Å²) < 4.78 is 48.3. The lowest BCUT2D eigenvalue weighted by Crippen LogP contribution is -2.85. The van der Waals surface area contributed by atoms with Crippen LogP contribution in [0.25, 0.3) is 0 Å². The van der Waals surface area contributed by atoms with Crippen molar-refractivity contribution >= 4 is 35.8 Å². The molecule has 52 heavy (non-hydrogen) atoms. The summed E-state index contributed by atoms with van der Waals surface area (Å²) in [4.78, 5) is 80.1. The highest BCUT2D eigenvalue weighted by Gasteiger charge is 2.89. The number of ether oxygens (including phenoxy) is 7. The van der Waals surface area contributed by atoms with Gasteiger partial charge in [0.05, 0.1) is 40.4 Å². The van der Waals surface area contributed by atoms with E-state index in [1.807, 2.05) is 0 Å². The molecular weight excluding hydrogens is 684 g/mol. The topological polar surface area (TPSA) is 200 Å². The molecule has 0 unspecified atom stereocenters. The number of benzene rings is 1. The molecule has 2 aliphatic carbocycles. The lowest BCUT2D eigenvalue weighted by atomic mass is 9.45. The lowest BCUT2D eigenvalue weighted by Gasteiger charge is -2.66. The van der Waals surface area contributed by atoms with Crippen LogP contribution in [0.1, 0.15) is 82.5 Å². The summed E-state index contributed by atoms with van der Waals surface area (Å²) in [6, 6.07) is 9.13. The number of aliphatic hydroxyl groups is 1. The minimum Gasteiger partial charge on any atom is -0.472 e. The maximum absolute atomic E-state index is 14.2. The van der Waals surface area contributed by atoms with Crippen molar-refractivity contribution in [1.29, 1.82) is 0 Å². The molecule has 0 amide bonds. The van der Waals surface area contributed by atoms with Crippen LogP contribution in [0.5, 0.6) is 0 Å². The zero-order valence-electron chi connectivity index (χ0n) is 30.2. The van der Waals surface area contributed by atoms with Crippen molar-refractivity contribution in [1.82, 2.24) is 0 Å². The molecule has 2 saturated carbocycles. The van der Waals surface area contributed by atoms with Gasteiger partial charge in [-0.3, -0.25) is 19.2 Å². The maximum atomic E-state index is 14.2. The highest BCUT2D eigenvalue weighted by molar-refractivity contribution is 5.90. The Morgan fingerprint density at radius 1 is 0.788 bits per heavy atom. The molecule has 3 fully saturated rings. The van der Waals surface area contributed by atoms with Crippen LogP contribution in [0.15, 0.2) is 53.3 Å². The first kappa shape index (κ1) is 38.5. The van der Waals surface area contributed by atoms with E-state index in [1.54, 1.807) is 45.9 Å². The second-order valence-electron chi connectivity index (χ2n) is 14.5. The average molecular weight is 729 g/mol. The van der Waals surface area contributed by atoms with Crippen LogP contribution in [0.2, 0.25) is 0 Å². The largest absolute Gasteiger partial charge is 0.472 e. The van der Waals surface area contributed by atoms with Gasteiger partial charge in [0.2, 0.25) is 0 Å².